The Hall–Kier alpha value is -0.283. The predicted molar refractivity (Wildman–Crippen MR) is 56.7 cm³/mol. The second-order valence-corrected chi connectivity index (χ2v) is 9.35. The fourth-order valence-electron chi connectivity index (χ4n) is 1.58. The molecule has 3 heteroatoms. The highest BCUT2D eigenvalue weighted by Crippen LogP contribution is 2.12. The summed E-state index contributed by atoms with van der Waals surface area (Å²) < 4.78 is 2.66. The van der Waals surface area contributed by atoms with E-state index in [1.807, 2.05) is 6.20 Å². The van der Waals surface area contributed by atoms with Crippen molar-refractivity contribution in [3.05, 3.63) is 12.8 Å². The van der Waals surface area contributed by atoms with Gasteiger partial charge >= 0.3 is 0 Å². The minimum absolute atomic E-state index is 1.03. The molecule has 1 aliphatic heterocycles. The summed E-state index contributed by atoms with van der Waals surface area (Å²) in [7, 11) is -1.03. The molecular formula is C9H20N2Si. The van der Waals surface area contributed by atoms with Crippen molar-refractivity contribution in [1.29, 1.82) is 0 Å². The molecule has 0 bridgehead atoms. The molecule has 0 radical (unpaired) electrons. The number of hydrogen-bond donors (Lipinski definition) is 0. The molecule has 0 aromatic heterocycles. The Morgan fingerprint density at radius 3 is 1.92 bits per heavy atom. The van der Waals surface area contributed by atoms with E-state index in [4.69, 9.17) is 0 Å². The Morgan fingerprint density at radius 1 is 1.08 bits per heavy atom. The highest BCUT2D eigenvalue weighted by Gasteiger charge is 2.26. The minimum atomic E-state index is -1.03. The van der Waals surface area contributed by atoms with E-state index in [1.165, 1.54) is 13.1 Å². The quantitative estimate of drug-likeness (QED) is 0.601. The summed E-state index contributed by atoms with van der Waals surface area (Å²) in [6.07, 6.45) is 1.96. The molecule has 0 N–H and O–H groups in total. The van der Waals surface area contributed by atoms with Gasteiger partial charge in [0.1, 0.15) is 8.24 Å². The average Bonchev–Trinajstić information content (AvgIpc) is 2.03. The van der Waals surface area contributed by atoms with Crippen LogP contribution in [0, 0.1) is 0 Å². The zero-order chi connectivity index (χ0) is 9.19. The first-order valence-corrected chi connectivity index (χ1v) is 8.10. The average molecular weight is 184 g/mol. The van der Waals surface area contributed by atoms with Crippen LogP contribution >= 0.6 is 0 Å². The van der Waals surface area contributed by atoms with Gasteiger partial charge in [0.05, 0.1) is 0 Å². The summed E-state index contributed by atoms with van der Waals surface area (Å²) in [5.74, 6) is 0. The van der Waals surface area contributed by atoms with Crippen LogP contribution in [-0.4, -0.2) is 43.9 Å². The standard InChI is InChI=1S/C9H20N2Si/c1-5-10-6-8-11(9-7-10)12(2,3)4/h5H,1,6-9H2,2-4H3. The van der Waals surface area contributed by atoms with E-state index in [0.29, 0.717) is 0 Å². The van der Waals surface area contributed by atoms with Crippen molar-refractivity contribution >= 4 is 8.24 Å². The molecule has 1 heterocycles. The van der Waals surface area contributed by atoms with Gasteiger partial charge in [-0.2, -0.15) is 0 Å². The largest absolute Gasteiger partial charge is 0.375 e. The van der Waals surface area contributed by atoms with Crippen LogP contribution in [0.2, 0.25) is 19.6 Å². The monoisotopic (exact) mass is 184 g/mol. The van der Waals surface area contributed by atoms with Crippen molar-refractivity contribution in [3.8, 4) is 0 Å². The third-order valence-electron chi connectivity index (χ3n) is 2.52. The number of hydrogen-bond acceptors (Lipinski definition) is 2. The molecule has 0 aromatic rings. The lowest BCUT2D eigenvalue weighted by molar-refractivity contribution is 0.240. The molecule has 1 aliphatic rings. The molecule has 0 aromatic carbocycles. The molecule has 0 amide bonds. The summed E-state index contributed by atoms with van der Waals surface area (Å²) in [4.78, 5) is 2.30. The van der Waals surface area contributed by atoms with Gasteiger partial charge in [0.15, 0.2) is 0 Å². The number of rotatable bonds is 2. The van der Waals surface area contributed by atoms with Crippen LogP contribution < -0.4 is 0 Å². The molecule has 0 aliphatic carbocycles. The number of nitrogens with zero attached hydrogens (tertiary/aromatic N) is 2. The first kappa shape index (κ1) is 9.80. The first-order chi connectivity index (χ1) is 5.54. The van der Waals surface area contributed by atoms with E-state index < -0.39 is 8.24 Å². The third-order valence-corrected chi connectivity index (χ3v) is 4.87. The highest BCUT2D eigenvalue weighted by molar-refractivity contribution is 6.73. The summed E-state index contributed by atoms with van der Waals surface area (Å²) in [6.45, 7) is 15.8. The predicted octanol–water partition coefficient (Wildman–Crippen LogP) is 1.58. The van der Waals surface area contributed by atoms with Crippen LogP contribution in [-0.2, 0) is 0 Å². The maximum absolute atomic E-state index is 3.79. The van der Waals surface area contributed by atoms with Crippen LogP contribution in [0.3, 0.4) is 0 Å². The van der Waals surface area contributed by atoms with Crippen LogP contribution in [0.4, 0.5) is 0 Å². The SMILES string of the molecule is C=CN1CCN([Si](C)(C)C)CC1. The van der Waals surface area contributed by atoms with E-state index >= 15 is 0 Å². The molecule has 0 unspecified atom stereocenters. The van der Waals surface area contributed by atoms with Gasteiger partial charge in [-0.15, -0.1) is 0 Å². The van der Waals surface area contributed by atoms with Gasteiger partial charge in [0.2, 0.25) is 0 Å². The molecule has 1 saturated heterocycles. The van der Waals surface area contributed by atoms with Gasteiger partial charge in [-0.3, -0.25) is 0 Å². The van der Waals surface area contributed by atoms with Crippen molar-refractivity contribution in [1.82, 2.24) is 9.47 Å². The Balaban J connectivity index is 2.41. The molecule has 0 saturated carbocycles. The first-order valence-electron chi connectivity index (χ1n) is 4.65. The highest BCUT2D eigenvalue weighted by atomic mass is 28.3. The summed E-state index contributed by atoms with van der Waals surface area (Å²) in [5.41, 5.74) is 0. The van der Waals surface area contributed by atoms with Crippen molar-refractivity contribution in [2.75, 3.05) is 26.2 Å². The van der Waals surface area contributed by atoms with Gasteiger partial charge < -0.3 is 9.47 Å². The fraction of sp³-hybridized carbons (Fsp3) is 0.778. The second-order valence-electron chi connectivity index (χ2n) is 4.38. The molecule has 12 heavy (non-hydrogen) atoms. The van der Waals surface area contributed by atoms with Crippen molar-refractivity contribution in [2.45, 2.75) is 19.6 Å². The van der Waals surface area contributed by atoms with E-state index in [1.54, 1.807) is 0 Å². The topological polar surface area (TPSA) is 6.48 Å². The molecule has 0 atom stereocenters. The summed E-state index contributed by atoms with van der Waals surface area (Å²) >= 11 is 0. The molecule has 1 rings (SSSR count). The zero-order valence-electron chi connectivity index (χ0n) is 8.51. The fourth-order valence-corrected chi connectivity index (χ4v) is 3.12. The Bertz CT molecular complexity index is 154. The lowest BCUT2D eigenvalue weighted by Crippen LogP contribution is -2.54. The van der Waals surface area contributed by atoms with Crippen LogP contribution in [0.1, 0.15) is 0 Å². The smallest absolute Gasteiger partial charge is 0.119 e. The zero-order valence-corrected chi connectivity index (χ0v) is 9.51. The lowest BCUT2D eigenvalue weighted by Gasteiger charge is -2.40. The van der Waals surface area contributed by atoms with Gasteiger partial charge in [-0.1, -0.05) is 26.2 Å². The molecular weight excluding hydrogens is 164 g/mol. The van der Waals surface area contributed by atoms with Gasteiger partial charge in [0, 0.05) is 26.2 Å². The molecule has 1 fully saturated rings. The molecule has 70 valence electrons. The Morgan fingerprint density at radius 2 is 1.58 bits per heavy atom. The van der Waals surface area contributed by atoms with Crippen LogP contribution in [0.5, 0.6) is 0 Å². The minimum Gasteiger partial charge on any atom is -0.375 e. The maximum atomic E-state index is 3.79. The van der Waals surface area contributed by atoms with Crippen molar-refractivity contribution < 1.29 is 0 Å². The van der Waals surface area contributed by atoms with E-state index in [9.17, 15) is 0 Å². The second kappa shape index (κ2) is 3.62. The van der Waals surface area contributed by atoms with E-state index in [-0.39, 0.29) is 0 Å². The van der Waals surface area contributed by atoms with Crippen molar-refractivity contribution in [3.63, 3.8) is 0 Å². The van der Waals surface area contributed by atoms with E-state index in [0.717, 1.165) is 13.1 Å². The third kappa shape index (κ3) is 2.35. The summed E-state index contributed by atoms with van der Waals surface area (Å²) in [5, 5.41) is 0. The molecule has 2 nitrogen and oxygen atoms in total. The molecule has 0 spiro atoms. The summed E-state index contributed by atoms with van der Waals surface area (Å²) in [6, 6.07) is 0. The van der Waals surface area contributed by atoms with Gasteiger partial charge in [0.25, 0.3) is 0 Å². The van der Waals surface area contributed by atoms with Crippen LogP contribution in [0.15, 0.2) is 12.8 Å². The van der Waals surface area contributed by atoms with Crippen LogP contribution in [0.25, 0.3) is 0 Å². The van der Waals surface area contributed by atoms with Gasteiger partial charge in [-0.05, 0) is 6.20 Å². The normalized spacial score (nSPS) is 21.1. The van der Waals surface area contributed by atoms with Gasteiger partial charge in [-0.25, -0.2) is 0 Å². The number of piperazine rings is 1. The van der Waals surface area contributed by atoms with E-state index in [2.05, 4.69) is 35.7 Å². The van der Waals surface area contributed by atoms with Crippen molar-refractivity contribution in [2.24, 2.45) is 0 Å². The lowest BCUT2D eigenvalue weighted by atomic mass is 10.4. The Labute approximate surface area is 76.9 Å². The Kier molecular flexibility index (Phi) is 2.96. The maximum Gasteiger partial charge on any atom is 0.119 e.